The van der Waals surface area contributed by atoms with Crippen molar-refractivity contribution in [3.05, 3.63) is 53.7 Å². The number of rotatable bonds is 4. The maximum Gasteiger partial charge on any atom is 0.223 e. The zero-order valence-corrected chi connectivity index (χ0v) is 12.6. The van der Waals surface area contributed by atoms with Crippen molar-refractivity contribution in [2.75, 3.05) is 11.1 Å². The molecule has 2 aromatic heterocycles. The molecule has 0 bridgehead atoms. The highest BCUT2D eigenvalue weighted by Crippen LogP contribution is 2.21. The number of anilines is 2. The van der Waals surface area contributed by atoms with Gasteiger partial charge in [-0.1, -0.05) is 23.7 Å². The Morgan fingerprint density at radius 1 is 1.23 bits per heavy atom. The minimum Gasteiger partial charge on any atom is -0.368 e. The van der Waals surface area contributed by atoms with E-state index in [1.807, 2.05) is 31.2 Å². The molecule has 7 nitrogen and oxygen atoms in total. The third-order valence-electron chi connectivity index (χ3n) is 3.15. The summed E-state index contributed by atoms with van der Waals surface area (Å²) < 4.78 is 1.70. The molecule has 0 radical (unpaired) electrons. The van der Waals surface area contributed by atoms with Crippen molar-refractivity contribution in [1.29, 1.82) is 0 Å². The van der Waals surface area contributed by atoms with Gasteiger partial charge in [0, 0.05) is 12.1 Å². The summed E-state index contributed by atoms with van der Waals surface area (Å²) in [5, 5.41) is 7.65. The molecule has 1 unspecified atom stereocenters. The fourth-order valence-corrected chi connectivity index (χ4v) is 2.26. The number of nitrogens with two attached hydrogens (primary N) is 1. The summed E-state index contributed by atoms with van der Waals surface area (Å²) in [6.07, 6.45) is 3.16. The van der Waals surface area contributed by atoms with Gasteiger partial charge in [-0.25, -0.2) is 14.6 Å². The van der Waals surface area contributed by atoms with E-state index in [-0.39, 0.29) is 12.0 Å². The van der Waals surface area contributed by atoms with Gasteiger partial charge in [-0.15, -0.1) is 0 Å². The molecule has 22 heavy (non-hydrogen) atoms. The number of nitrogen functional groups attached to an aromatic ring is 1. The molecule has 0 aliphatic carbocycles. The van der Waals surface area contributed by atoms with Crippen LogP contribution in [0.4, 0.5) is 11.8 Å². The summed E-state index contributed by atoms with van der Waals surface area (Å²) in [6.45, 7) is 2.02. The summed E-state index contributed by atoms with van der Waals surface area (Å²) in [5.41, 5.74) is 7.63. The molecule has 3 aromatic rings. The summed E-state index contributed by atoms with van der Waals surface area (Å²) in [6, 6.07) is 9.66. The lowest BCUT2D eigenvalue weighted by atomic mass is 10.1. The van der Waals surface area contributed by atoms with Crippen LogP contribution in [0.15, 0.2) is 43.0 Å². The van der Waals surface area contributed by atoms with Gasteiger partial charge in [-0.2, -0.15) is 10.1 Å². The van der Waals surface area contributed by atoms with E-state index in [4.69, 9.17) is 17.3 Å². The normalized spacial score (nSPS) is 12.1. The summed E-state index contributed by atoms with van der Waals surface area (Å²) in [4.78, 5) is 11.9. The molecule has 3 rings (SSSR count). The van der Waals surface area contributed by atoms with E-state index in [1.54, 1.807) is 17.1 Å². The van der Waals surface area contributed by atoms with Gasteiger partial charge < -0.3 is 11.1 Å². The molecule has 0 spiro atoms. The van der Waals surface area contributed by atoms with Crippen molar-refractivity contribution in [1.82, 2.24) is 24.7 Å². The number of nitrogens with zero attached hydrogens (tertiary/aromatic N) is 5. The Hall–Kier alpha value is -2.67. The Bertz CT molecular complexity index is 735. The van der Waals surface area contributed by atoms with E-state index in [1.165, 1.54) is 6.33 Å². The molecule has 8 heteroatoms. The van der Waals surface area contributed by atoms with E-state index >= 15 is 0 Å². The number of hydrogen-bond donors (Lipinski definition) is 2. The second-order valence-corrected chi connectivity index (χ2v) is 5.12. The van der Waals surface area contributed by atoms with Gasteiger partial charge in [-0.3, -0.25) is 0 Å². The van der Waals surface area contributed by atoms with Crippen molar-refractivity contribution < 1.29 is 0 Å². The molecular weight excluding hydrogens is 302 g/mol. The number of nitrogens with one attached hydrogen (secondary N) is 1. The molecule has 0 fully saturated rings. The summed E-state index contributed by atoms with van der Waals surface area (Å²) >= 11 is 5.87. The number of benzene rings is 1. The number of hydrogen-bond acceptors (Lipinski definition) is 6. The van der Waals surface area contributed by atoms with Crippen LogP contribution in [0, 0.1) is 0 Å². The second kappa shape index (κ2) is 5.98. The van der Waals surface area contributed by atoms with Crippen LogP contribution < -0.4 is 11.1 Å². The monoisotopic (exact) mass is 315 g/mol. The first-order valence-corrected chi connectivity index (χ1v) is 7.01. The number of halogens is 1. The first-order chi connectivity index (χ1) is 10.6. The Kier molecular flexibility index (Phi) is 3.88. The van der Waals surface area contributed by atoms with Crippen LogP contribution in [0.3, 0.4) is 0 Å². The first-order valence-electron chi connectivity index (χ1n) is 6.63. The molecule has 1 atom stereocenters. The summed E-state index contributed by atoms with van der Waals surface area (Å²) in [7, 11) is 0. The maximum atomic E-state index is 5.87. The van der Waals surface area contributed by atoms with Crippen molar-refractivity contribution in [2.24, 2.45) is 0 Å². The van der Waals surface area contributed by atoms with E-state index in [0.717, 1.165) is 11.3 Å². The van der Waals surface area contributed by atoms with E-state index in [0.29, 0.717) is 11.0 Å². The van der Waals surface area contributed by atoms with Crippen molar-refractivity contribution >= 4 is 23.4 Å². The van der Waals surface area contributed by atoms with Crippen molar-refractivity contribution in [3.8, 4) is 5.69 Å². The van der Waals surface area contributed by atoms with E-state index < -0.39 is 0 Å². The van der Waals surface area contributed by atoms with Crippen LogP contribution in [0.5, 0.6) is 0 Å². The fraction of sp³-hybridized carbons (Fsp3) is 0.143. The predicted molar refractivity (Wildman–Crippen MR) is 84.9 cm³/mol. The van der Waals surface area contributed by atoms with Crippen molar-refractivity contribution in [3.63, 3.8) is 0 Å². The molecule has 1 aromatic carbocycles. The van der Waals surface area contributed by atoms with Crippen LogP contribution in [0.2, 0.25) is 5.15 Å². The zero-order chi connectivity index (χ0) is 15.5. The average Bonchev–Trinajstić information content (AvgIpc) is 3.00. The molecule has 3 N–H and O–H groups in total. The van der Waals surface area contributed by atoms with E-state index in [2.05, 4.69) is 25.4 Å². The Labute approximate surface area is 132 Å². The minimum atomic E-state index is 0.0372. The third-order valence-corrected chi connectivity index (χ3v) is 3.35. The fourth-order valence-electron chi connectivity index (χ4n) is 2.07. The Balaban J connectivity index is 1.76. The van der Waals surface area contributed by atoms with E-state index in [9.17, 15) is 0 Å². The molecule has 0 aliphatic heterocycles. The van der Waals surface area contributed by atoms with Crippen LogP contribution in [0.1, 0.15) is 18.5 Å². The molecule has 112 valence electrons. The lowest BCUT2D eigenvalue weighted by Gasteiger charge is -2.15. The molecule has 0 saturated carbocycles. The molecule has 0 saturated heterocycles. The third kappa shape index (κ3) is 3.15. The molecule has 2 heterocycles. The van der Waals surface area contributed by atoms with Gasteiger partial charge in [0.2, 0.25) is 5.95 Å². The van der Waals surface area contributed by atoms with Gasteiger partial charge in [0.1, 0.15) is 23.6 Å². The Morgan fingerprint density at radius 3 is 2.64 bits per heavy atom. The lowest BCUT2D eigenvalue weighted by Crippen LogP contribution is -2.09. The second-order valence-electron chi connectivity index (χ2n) is 4.73. The lowest BCUT2D eigenvalue weighted by molar-refractivity contribution is 0.857. The highest BCUT2D eigenvalue weighted by atomic mass is 35.5. The topological polar surface area (TPSA) is 94.5 Å². The number of aromatic nitrogens is 5. The standard InChI is InChI=1S/C14H14ClN7/c1-9(19-13-6-12(15)20-14(16)21-13)10-2-4-11(5-3-10)22-8-17-7-18-22/h2-9H,1H3,(H3,16,19,20,21). The smallest absolute Gasteiger partial charge is 0.223 e. The molecule has 0 amide bonds. The quantitative estimate of drug-likeness (QED) is 0.718. The molecular formula is C14H14ClN7. The largest absolute Gasteiger partial charge is 0.368 e. The summed E-state index contributed by atoms with van der Waals surface area (Å²) in [5.74, 6) is 0.731. The van der Waals surface area contributed by atoms with Crippen LogP contribution in [-0.2, 0) is 0 Å². The van der Waals surface area contributed by atoms with Gasteiger partial charge in [0.25, 0.3) is 0 Å². The molecule has 0 aliphatic rings. The van der Waals surface area contributed by atoms with Gasteiger partial charge in [0.05, 0.1) is 5.69 Å². The highest BCUT2D eigenvalue weighted by molar-refractivity contribution is 6.29. The zero-order valence-electron chi connectivity index (χ0n) is 11.8. The SMILES string of the molecule is CC(Nc1cc(Cl)nc(N)n1)c1ccc(-n2cncn2)cc1. The first kappa shape index (κ1) is 14.3. The van der Waals surface area contributed by atoms with Crippen LogP contribution in [0.25, 0.3) is 5.69 Å². The van der Waals surface area contributed by atoms with Gasteiger partial charge >= 0.3 is 0 Å². The van der Waals surface area contributed by atoms with Crippen LogP contribution in [-0.4, -0.2) is 24.7 Å². The van der Waals surface area contributed by atoms with Gasteiger partial charge in [-0.05, 0) is 24.6 Å². The highest BCUT2D eigenvalue weighted by Gasteiger charge is 2.08. The Morgan fingerprint density at radius 2 is 2.00 bits per heavy atom. The maximum absolute atomic E-state index is 5.87. The van der Waals surface area contributed by atoms with Crippen molar-refractivity contribution in [2.45, 2.75) is 13.0 Å². The predicted octanol–water partition coefficient (Wildman–Crippen LogP) is 2.47. The average molecular weight is 316 g/mol. The van der Waals surface area contributed by atoms with Gasteiger partial charge in [0.15, 0.2) is 0 Å². The minimum absolute atomic E-state index is 0.0372. The van der Waals surface area contributed by atoms with Crippen LogP contribution >= 0.6 is 11.6 Å².